The van der Waals surface area contributed by atoms with Crippen LogP contribution < -0.4 is 5.43 Å². The van der Waals surface area contributed by atoms with E-state index in [1.165, 1.54) is 6.21 Å². The molecule has 1 N–H and O–H groups in total. The molecule has 0 bridgehead atoms. The Bertz CT molecular complexity index is 852. The number of carbonyl (C=O) groups excluding carboxylic acids is 1. The number of rotatable bonds is 3. The first-order valence-electron chi connectivity index (χ1n) is 6.88. The number of hydrogen-bond donors (Lipinski definition) is 1. The van der Waals surface area contributed by atoms with Crippen LogP contribution in [0.5, 0.6) is 0 Å². The molecule has 1 amide bonds. The summed E-state index contributed by atoms with van der Waals surface area (Å²) in [4.78, 5) is 16.7. The smallest absolute Gasteiger partial charge is 0.273 e. The van der Waals surface area contributed by atoms with Crippen molar-refractivity contribution >= 4 is 23.0 Å². The van der Waals surface area contributed by atoms with Gasteiger partial charge in [-0.1, -0.05) is 11.6 Å². The fraction of sp³-hybridized carbons (Fsp3) is 0.118. The van der Waals surface area contributed by atoms with Gasteiger partial charge in [-0.25, -0.2) is 5.43 Å². The maximum atomic E-state index is 12.2. The second-order valence-corrected chi connectivity index (χ2v) is 5.03. The molecule has 0 fully saturated rings. The number of nitrogens with one attached hydrogen (secondary N) is 1. The first-order valence-corrected chi connectivity index (χ1v) is 6.88. The van der Waals surface area contributed by atoms with Crippen LogP contribution in [0.25, 0.3) is 10.9 Å². The van der Waals surface area contributed by atoms with Crippen LogP contribution in [-0.4, -0.2) is 17.1 Å². The lowest BCUT2D eigenvalue weighted by Crippen LogP contribution is -2.19. The molecule has 0 saturated heterocycles. The molecule has 0 atom stereocenters. The first-order chi connectivity index (χ1) is 10.6. The molecule has 0 aliphatic carbocycles. The van der Waals surface area contributed by atoms with Gasteiger partial charge in [0.1, 0.15) is 5.76 Å². The van der Waals surface area contributed by atoms with Gasteiger partial charge in [-0.15, -0.1) is 0 Å². The highest BCUT2D eigenvalue weighted by atomic mass is 16.3. The Morgan fingerprint density at radius 3 is 2.91 bits per heavy atom. The molecule has 3 rings (SSSR count). The number of aromatic nitrogens is 1. The third kappa shape index (κ3) is 2.88. The van der Waals surface area contributed by atoms with Crippen molar-refractivity contribution in [2.24, 2.45) is 5.10 Å². The summed E-state index contributed by atoms with van der Waals surface area (Å²) in [6.45, 7) is 3.82. The molecule has 0 aliphatic heterocycles. The molecule has 0 saturated carbocycles. The Labute approximate surface area is 127 Å². The Morgan fingerprint density at radius 2 is 2.14 bits per heavy atom. The molecular weight excluding hydrogens is 278 g/mol. The fourth-order valence-corrected chi connectivity index (χ4v) is 2.20. The number of furan rings is 1. The van der Waals surface area contributed by atoms with Gasteiger partial charge in [-0.2, -0.15) is 5.10 Å². The fourth-order valence-electron chi connectivity index (χ4n) is 2.20. The van der Waals surface area contributed by atoms with Crippen LogP contribution >= 0.6 is 0 Å². The Hall–Kier alpha value is -2.95. The van der Waals surface area contributed by atoms with Crippen molar-refractivity contribution in [1.29, 1.82) is 0 Å². The third-order valence-corrected chi connectivity index (χ3v) is 3.31. The second-order valence-electron chi connectivity index (χ2n) is 5.03. The van der Waals surface area contributed by atoms with E-state index in [-0.39, 0.29) is 5.91 Å². The molecule has 22 heavy (non-hydrogen) atoms. The molecule has 0 aliphatic rings. The monoisotopic (exact) mass is 293 g/mol. The minimum atomic E-state index is -0.295. The average Bonchev–Trinajstić information content (AvgIpc) is 3.00. The van der Waals surface area contributed by atoms with Gasteiger partial charge in [0.15, 0.2) is 0 Å². The quantitative estimate of drug-likeness (QED) is 0.595. The summed E-state index contributed by atoms with van der Waals surface area (Å²) in [6.07, 6.45) is 2.99. The van der Waals surface area contributed by atoms with Crippen molar-refractivity contribution in [3.8, 4) is 0 Å². The lowest BCUT2D eigenvalue weighted by Gasteiger charge is -2.06. The van der Waals surface area contributed by atoms with E-state index < -0.39 is 0 Å². The van der Waals surface area contributed by atoms with Crippen molar-refractivity contribution in [2.45, 2.75) is 13.8 Å². The van der Waals surface area contributed by atoms with E-state index in [1.807, 2.05) is 38.1 Å². The zero-order chi connectivity index (χ0) is 15.5. The van der Waals surface area contributed by atoms with Crippen LogP contribution in [0.15, 0.2) is 52.2 Å². The Kier molecular flexibility index (Phi) is 3.70. The van der Waals surface area contributed by atoms with E-state index in [9.17, 15) is 4.79 Å². The molecule has 2 heterocycles. The number of fused-ring (bicyclic) bond motifs is 1. The van der Waals surface area contributed by atoms with Crippen LogP contribution in [0.3, 0.4) is 0 Å². The largest absolute Gasteiger partial charge is 0.463 e. The van der Waals surface area contributed by atoms with E-state index >= 15 is 0 Å². The molecule has 3 aromatic rings. The van der Waals surface area contributed by atoms with E-state index in [4.69, 9.17) is 4.42 Å². The summed E-state index contributed by atoms with van der Waals surface area (Å²) >= 11 is 0. The third-order valence-electron chi connectivity index (χ3n) is 3.31. The lowest BCUT2D eigenvalue weighted by atomic mass is 10.1. The molecule has 110 valence electrons. The van der Waals surface area contributed by atoms with Gasteiger partial charge in [0.2, 0.25) is 0 Å². The van der Waals surface area contributed by atoms with Gasteiger partial charge in [0.25, 0.3) is 5.91 Å². The summed E-state index contributed by atoms with van der Waals surface area (Å²) in [7, 11) is 0. The van der Waals surface area contributed by atoms with E-state index in [0.717, 1.165) is 16.5 Å². The lowest BCUT2D eigenvalue weighted by molar-refractivity contribution is 0.0954. The van der Waals surface area contributed by atoms with Crippen molar-refractivity contribution in [1.82, 2.24) is 10.4 Å². The standard InChI is InChI=1S/C17H15N3O2/c1-11-5-6-16-13(8-11)9-15(12(2)19-16)17(21)20-18-10-14-4-3-7-22-14/h3-10H,1-2H3,(H,20,21). The maximum Gasteiger partial charge on any atom is 0.273 e. The summed E-state index contributed by atoms with van der Waals surface area (Å²) < 4.78 is 5.10. The minimum Gasteiger partial charge on any atom is -0.463 e. The van der Waals surface area contributed by atoms with Gasteiger partial charge in [0.05, 0.1) is 29.3 Å². The topological polar surface area (TPSA) is 67.5 Å². The zero-order valence-corrected chi connectivity index (χ0v) is 12.3. The van der Waals surface area contributed by atoms with Crippen LogP contribution in [0.2, 0.25) is 0 Å². The van der Waals surface area contributed by atoms with Crippen molar-refractivity contribution in [3.63, 3.8) is 0 Å². The molecule has 5 nitrogen and oxygen atoms in total. The summed E-state index contributed by atoms with van der Waals surface area (Å²) in [6, 6.07) is 11.3. The van der Waals surface area contributed by atoms with E-state index in [2.05, 4.69) is 15.5 Å². The number of amides is 1. The summed E-state index contributed by atoms with van der Waals surface area (Å²) in [5.74, 6) is 0.278. The van der Waals surface area contributed by atoms with Gasteiger partial charge in [0, 0.05) is 5.39 Å². The van der Waals surface area contributed by atoms with Crippen molar-refractivity contribution < 1.29 is 9.21 Å². The normalized spacial score (nSPS) is 11.2. The Morgan fingerprint density at radius 1 is 1.27 bits per heavy atom. The minimum absolute atomic E-state index is 0.295. The molecular formula is C17H15N3O2. The number of pyridine rings is 1. The number of carbonyl (C=O) groups is 1. The maximum absolute atomic E-state index is 12.2. The molecule has 2 aromatic heterocycles. The molecule has 5 heteroatoms. The predicted molar refractivity (Wildman–Crippen MR) is 85.0 cm³/mol. The van der Waals surface area contributed by atoms with Gasteiger partial charge < -0.3 is 4.42 Å². The van der Waals surface area contributed by atoms with Gasteiger partial charge in [-0.05, 0) is 44.2 Å². The highest BCUT2D eigenvalue weighted by Crippen LogP contribution is 2.18. The van der Waals surface area contributed by atoms with Crippen LogP contribution in [0.4, 0.5) is 0 Å². The number of benzene rings is 1. The van der Waals surface area contributed by atoms with E-state index in [0.29, 0.717) is 17.0 Å². The van der Waals surface area contributed by atoms with Crippen LogP contribution in [0, 0.1) is 13.8 Å². The van der Waals surface area contributed by atoms with Crippen molar-refractivity contribution in [2.75, 3.05) is 0 Å². The molecule has 1 aromatic carbocycles. The molecule has 0 unspecified atom stereocenters. The first kappa shape index (κ1) is 14.0. The second kappa shape index (κ2) is 5.81. The Balaban J connectivity index is 1.85. The highest BCUT2D eigenvalue weighted by Gasteiger charge is 2.11. The number of nitrogens with zero attached hydrogens (tertiary/aromatic N) is 2. The number of hydrazone groups is 1. The van der Waals surface area contributed by atoms with Crippen LogP contribution in [-0.2, 0) is 0 Å². The zero-order valence-electron chi connectivity index (χ0n) is 12.3. The van der Waals surface area contributed by atoms with Crippen molar-refractivity contribution in [3.05, 3.63) is 65.2 Å². The highest BCUT2D eigenvalue weighted by molar-refractivity contribution is 5.99. The SMILES string of the molecule is Cc1ccc2nc(C)c(C(=O)NN=Cc3ccco3)cc2c1. The van der Waals surface area contributed by atoms with E-state index in [1.54, 1.807) is 18.4 Å². The summed E-state index contributed by atoms with van der Waals surface area (Å²) in [5.41, 5.74) is 5.66. The molecule has 0 spiro atoms. The van der Waals surface area contributed by atoms with Crippen LogP contribution in [0.1, 0.15) is 27.4 Å². The number of aryl methyl sites for hydroxylation is 2. The number of hydrogen-bond acceptors (Lipinski definition) is 4. The van der Waals surface area contributed by atoms with Gasteiger partial charge >= 0.3 is 0 Å². The average molecular weight is 293 g/mol. The summed E-state index contributed by atoms with van der Waals surface area (Å²) in [5, 5.41) is 4.82. The molecule has 0 radical (unpaired) electrons. The predicted octanol–water partition coefficient (Wildman–Crippen LogP) is 3.21. The van der Waals surface area contributed by atoms with Gasteiger partial charge in [-0.3, -0.25) is 9.78 Å².